The van der Waals surface area contributed by atoms with E-state index in [-0.39, 0.29) is 11.4 Å². The van der Waals surface area contributed by atoms with E-state index in [2.05, 4.69) is 26.1 Å². The van der Waals surface area contributed by atoms with Crippen molar-refractivity contribution in [2.45, 2.75) is 40.0 Å². The van der Waals surface area contributed by atoms with Crippen LogP contribution in [0.5, 0.6) is 0 Å². The fourth-order valence-electron chi connectivity index (χ4n) is 3.95. The van der Waals surface area contributed by atoms with E-state index in [4.69, 9.17) is 5.73 Å². The highest BCUT2D eigenvalue weighted by atomic mass is 16.2. The molecule has 0 aromatic rings. The fourth-order valence-corrected chi connectivity index (χ4v) is 3.95. The minimum Gasteiger partial charge on any atom is -0.351 e. The van der Waals surface area contributed by atoms with Gasteiger partial charge in [-0.2, -0.15) is 0 Å². The first-order valence-corrected chi connectivity index (χ1v) is 8.38. The Balaban J connectivity index is 1.81. The van der Waals surface area contributed by atoms with Crippen LogP contribution in [0.3, 0.4) is 0 Å². The number of amides is 4. The van der Waals surface area contributed by atoms with Gasteiger partial charge in [0.1, 0.15) is 0 Å². The molecule has 0 bridgehead atoms. The number of carbonyl (C=O) groups excluding carboxylic acids is 2. The lowest BCUT2D eigenvalue weighted by Gasteiger charge is -2.43. The predicted molar refractivity (Wildman–Crippen MR) is 86.4 cm³/mol. The van der Waals surface area contributed by atoms with Crippen LogP contribution in [-0.2, 0) is 0 Å². The summed E-state index contributed by atoms with van der Waals surface area (Å²) in [7, 11) is 0. The van der Waals surface area contributed by atoms with Crippen LogP contribution in [0, 0.1) is 17.3 Å². The van der Waals surface area contributed by atoms with Crippen molar-refractivity contribution in [2.24, 2.45) is 23.0 Å². The highest BCUT2D eigenvalue weighted by Crippen LogP contribution is 2.43. The first kappa shape index (κ1) is 16.9. The molecule has 0 aromatic heterocycles. The van der Waals surface area contributed by atoms with Crippen molar-refractivity contribution in [1.29, 1.82) is 0 Å². The van der Waals surface area contributed by atoms with Crippen LogP contribution in [0.2, 0.25) is 0 Å². The van der Waals surface area contributed by atoms with Crippen LogP contribution < -0.4 is 11.1 Å². The molecule has 2 rings (SSSR count). The zero-order valence-electron chi connectivity index (χ0n) is 14.1. The maximum Gasteiger partial charge on any atom is 0.317 e. The Kier molecular flexibility index (Phi) is 5.19. The topological polar surface area (TPSA) is 78.7 Å². The van der Waals surface area contributed by atoms with Gasteiger partial charge in [-0.25, -0.2) is 9.59 Å². The molecular formula is C16H30N4O2. The van der Waals surface area contributed by atoms with Gasteiger partial charge in [0.15, 0.2) is 0 Å². The number of nitrogens with zero attached hydrogens (tertiary/aromatic N) is 2. The van der Waals surface area contributed by atoms with Gasteiger partial charge in [0.05, 0.1) is 0 Å². The average molecular weight is 310 g/mol. The van der Waals surface area contributed by atoms with Gasteiger partial charge in [0.2, 0.25) is 0 Å². The quantitative estimate of drug-likeness (QED) is 0.816. The Labute approximate surface area is 133 Å². The molecule has 0 radical (unpaired) electrons. The van der Waals surface area contributed by atoms with Crippen LogP contribution >= 0.6 is 0 Å². The third kappa shape index (κ3) is 3.84. The molecule has 126 valence electrons. The third-order valence-corrected chi connectivity index (χ3v) is 5.52. The number of hydrogen-bond acceptors (Lipinski definition) is 2. The van der Waals surface area contributed by atoms with Gasteiger partial charge >= 0.3 is 12.1 Å². The second-order valence-corrected chi connectivity index (χ2v) is 7.46. The zero-order chi connectivity index (χ0) is 16.3. The summed E-state index contributed by atoms with van der Waals surface area (Å²) in [5, 5.41) is 3.10. The highest BCUT2D eigenvalue weighted by Gasteiger charge is 2.37. The van der Waals surface area contributed by atoms with Gasteiger partial charge in [-0.3, -0.25) is 0 Å². The van der Waals surface area contributed by atoms with Crippen molar-refractivity contribution in [2.75, 3.05) is 32.7 Å². The minimum atomic E-state index is -0.405. The summed E-state index contributed by atoms with van der Waals surface area (Å²) < 4.78 is 0. The number of rotatable bonds is 2. The molecule has 6 nitrogen and oxygen atoms in total. The summed E-state index contributed by atoms with van der Waals surface area (Å²) in [4.78, 5) is 26.8. The molecule has 1 saturated carbocycles. The first-order valence-electron chi connectivity index (χ1n) is 8.38. The molecule has 1 aliphatic heterocycles. The standard InChI is InChI=1S/C16H30N4O2/c1-12-5-4-6-16(2,3)13(12)11-18-15(22)20-9-7-19(8-10-20)14(17)21/h12-13H,4-11H2,1-3H3,(H2,17,21)(H,18,22)/t12-,13+/m0/s1. The van der Waals surface area contributed by atoms with Crippen LogP contribution in [-0.4, -0.2) is 54.6 Å². The van der Waals surface area contributed by atoms with Crippen LogP contribution in [0.1, 0.15) is 40.0 Å². The number of nitrogens with one attached hydrogen (secondary N) is 1. The fraction of sp³-hybridized carbons (Fsp3) is 0.875. The van der Waals surface area contributed by atoms with Crippen molar-refractivity contribution in [1.82, 2.24) is 15.1 Å². The minimum absolute atomic E-state index is 0.0160. The monoisotopic (exact) mass is 310 g/mol. The molecule has 1 aliphatic carbocycles. The lowest BCUT2D eigenvalue weighted by molar-refractivity contribution is 0.0818. The van der Waals surface area contributed by atoms with E-state index in [1.165, 1.54) is 19.3 Å². The Morgan fingerprint density at radius 3 is 2.32 bits per heavy atom. The van der Waals surface area contributed by atoms with E-state index in [1.54, 1.807) is 9.80 Å². The Hall–Kier alpha value is -1.46. The summed E-state index contributed by atoms with van der Waals surface area (Å²) in [6, 6.07) is -0.421. The van der Waals surface area contributed by atoms with Gasteiger partial charge in [-0.15, -0.1) is 0 Å². The van der Waals surface area contributed by atoms with Gasteiger partial charge in [0, 0.05) is 32.7 Å². The van der Waals surface area contributed by atoms with E-state index in [9.17, 15) is 9.59 Å². The average Bonchev–Trinajstić information content (AvgIpc) is 2.46. The molecule has 1 heterocycles. The summed E-state index contributed by atoms with van der Waals surface area (Å²) >= 11 is 0. The molecule has 0 aromatic carbocycles. The second kappa shape index (κ2) is 6.75. The Morgan fingerprint density at radius 2 is 1.77 bits per heavy atom. The summed E-state index contributed by atoms with van der Waals surface area (Å²) in [6.45, 7) is 9.81. The van der Waals surface area contributed by atoms with Crippen LogP contribution in [0.25, 0.3) is 0 Å². The molecular weight excluding hydrogens is 280 g/mol. The van der Waals surface area contributed by atoms with Crippen LogP contribution in [0.4, 0.5) is 9.59 Å². The number of piperazine rings is 1. The second-order valence-electron chi connectivity index (χ2n) is 7.46. The van der Waals surface area contributed by atoms with E-state index in [0.29, 0.717) is 38.0 Å². The predicted octanol–water partition coefficient (Wildman–Crippen LogP) is 1.85. The molecule has 1 saturated heterocycles. The van der Waals surface area contributed by atoms with Gasteiger partial charge in [-0.1, -0.05) is 33.6 Å². The van der Waals surface area contributed by atoms with E-state index < -0.39 is 6.03 Å². The number of urea groups is 2. The van der Waals surface area contributed by atoms with Crippen molar-refractivity contribution in [3.05, 3.63) is 0 Å². The smallest absolute Gasteiger partial charge is 0.317 e. The maximum atomic E-state index is 12.3. The van der Waals surface area contributed by atoms with Crippen LogP contribution in [0.15, 0.2) is 0 Å². The summed E-state index contributed by atoms with van der Waals surface area (Å²) in [5.74, 6) is 1.17. The van der Waals surface area contributed by atoms with E-state index in [0.717, 1.165) is 6.54 Å². The van der Waals surface area contributed by atoms with Crippen molar-refractivity contribution >= 4 is 12.1 Å². The Bertz CT molecular complexity index is 416. The lowest BCUT2D eigenvalue weighted by atomic mass is 9.64. The first-order chi connectivity index (χ1) is 10.3. The molecule has 2 atom stereocenters. The number of hydrogen-bond donors (Lipinski definition) is 2. The van der Waals surface area contributed by atoms with Crippen molar-refractivity contribution in [3.8, 4) is 0 Å². The Morgan fingerprint density at radius 1 is 1.18 bits per heavy atom. The number of primary amides is 1. The third-order valence-electron chi connectivity index (χ3n) is 5.52. The maximum absolute atomic E-state index is 12.3. The molecule has 2 fully saturated rings. The van der Waals surface area contributed by atoms with Gasteiger partial charge < -0.3 is 20.9 Å². The molecule has 4 amide bonds. The molecule has 6 heteroatoms. The molecule has 22 heavy (non-hydrogen) atoms. The normalized spacial score (nSPS) is 28.3. The van der Waals surface area contributed by atoms with Crippen molar-refractivity contribution in [3.63, 3.8) is 0 Å². The highest BCUT2D eigenvalue weighted by molar-refractivity contribution is 5.75. The molecule has 0 spiro atoms. The van der Waals surface area contributed by atoms with E-state index >= 15 is 0 Å². The van der Waals surface area contributed by atoms with Gasteiger partial charge in [-0.05, 0) is 23.7 Å². The molecule has 3 N–H and O–H groups in total. The lowest BCUT2D eigenvalue weighted by Crippen LogP contribution is -2.55. The van der Waals surface area contributed by atoms with Gasteiger partial charge in [0.25, 0.3) is 0 Å². The summed E-state index contributed by atoms with van der Waals surface area (Å²) in [6.07, 6.45) is 3.77. The molecule has 2 aliphatic rings. The van der Waals surface area contributed by atoms with Crippen molar-refractivity contribution < 1.29 is 9.59 Å². The number of carbonyl (C=O) groups is 2. The SMILES string of the molecule is C[C@H]1CCCC(C)(C)[C@@H]1CNC(=O)N1CCN(C(N)=O)CC1. The zero-order valence-corrected chi connectivity index (χ0v) is 14.1. The number of nitrogens with two attached hydrogens (primary N) is 1. The van der Waals surface area contributed by atoms with E-state index in [1.807, 2.05) is 0 Å². The molecule has 0 unspecified atom stereocenters. The largest absolute Gasteiger partial charge is 0.351 e. The summed E-state index contributed by atoms with van der Waals surface area (Å²) in [5.41, 5.74) is 5.55.